The molecule has 0 heterocycles. The third kappa shape index (κ3) is 2.68. The first kappa shape index (κ1) is 8.44. The summed E-state index contributed by atoms with van der Waals surface area (Å²) in [6.45, 7) is 4.86. The molecule has 0 amide bonds. The highest BCUT2D eigenvalue weighted by molar-refractivity contribution is 5.32. The highest BCUT2D eigenvalue weighted by Gasteiger charge is 1.88. The lowest BCUT2D eigenvalue weighted by Crippen LogP contribution is -1.95. The summed E-state index contributed by atoms with van der Waals surface area (Å²) < 4.78 is 0. The molecule has 0 aromatic carbocycles. The smallest absolute Gasteiger partial charge is 0.0965 e. The molecule has 0 rings (SSSR count). The molecule has 0 atom stereocenters. The van der Waals surface area contributed by atoms with E-state index in [1.807, 2.05) is 6.07 Å². The predicted molar refractivity (Wildman–Crippen MR) is 41.2 cm³/mol. The van der Waals surface area contributed by atoms with E-state index in [1.54, 1.807) is 6.92 Å². The van der Waals surface area contributed by atoms with Gasteiger partial charge in [0.25, 0.3) is 0 Å². The van der Waals surface area contributed by atoms with Gasteiger partial charge in [0.2, 0.25) is 0 Å². The maximum Gasteiger partial charge on any atom is 0.0965 e. The Morgan fingerprint density at radius 3 is 2.80 bits per heavy atom. The molecule has 0 aliphatic carbocycles. The molecule has 2 N–H and O–H groups in total. The summed E-state index contributed by atoms with van der Waals surface area (Å²) in [7, 11) is 0. The molecule has 0 saturated carbocycles. The van der Waals surface area contributed by atoms with Gasteiger partial charge in [-0.2, -0.15) is 5.26 Å². The van der Waals surface area contributed by atoms with Crippen molar-refractivity contribution >= 4 is 6.72 Å². The highest BCUT2D eigenvalue weighted by Crippen LogP contribution is 1.96. The topological polar surface area (TPSA) is 62.2 Å². The van der Waals surface area contributed by atoms with Crippen molar-refractivity contribution < 1.29 is 0 Å². The monoisotopic (exact) mass is 135 g/mol. The Labute approximate surface area is 60.2 Å². The first-order valence-electron chi connectivity index (χ1n) is 2.71. The molecule has 0 aliphatic rings. The van der Waals surface area contributed by atoms with Crippen molar-refractivity contribution in [3.05, 3.63) is 23.5 Å². The van der Waals surface area contributed by atoms with Crippen LogP contribution in [0.3, 0.4) is 0 Å². The lowest BCUT2D eigenvalue weighted by atomic mass is 10.2. The summed E-state index contributed by atoms with van der Waals surface area (Å²) in [6.07, 6.45) is 2.97. The number of nitrogens with two attached hydrogens (primary N) is 1. The Balaban J connectivity index is 4.36. The van der Waals surface area contributed by atoms with Crippen molar-refractivity contribution in [2.24, 2.45) is 10.7 Å². The molecular weight excluding hydrogens is 126 g/mol. The molecule has 52 valence electrons. The fourth-order valence-corrected chi connectivity index (χ4v) is 0.323. The number of allylic oxidation sites excluding steroid dienone is 2. The number of aliphatic imine (C=N–C) groups is 1. The third-order valence-electron chi connectivity index (χ3n) is 0.960. The van der Waals surface area contributed by atoms with Crippen LogP contribution in [0, 0.1) is 11.3 Å². The van der Waals surface area contributed by atoms with Gasteiger partial charge in [-0.1, -0.05) is 0 Å². The maximum absolute atomic E-state index is 8.34. The fourth-order valence-electron chi connectivity index (χ4n) is 0.323. The third-order valence-corrected chi connectivity index (χ3v) is 0.960. The largest absolute Gasteiger partial charge is 0.398 e. The van der Waals surface area contributed by atoms with Crippen LogP contribution in [0.5, 0.6) is 0 Å². The highest BCUT2D eigenvalue weighted by atomic mass is 14.6. The van der Waals surface area contributed by atoms with Gasteiger partial charge in [0.15, 0.2) is 0 Å². The van der Waals surface area contributed by atoms with Gasteiger partial charge < -0.3 is 5.73 Å². The molecule has 0 saturated heterocycles. The van der Waals surface area contributed by atoms with Gasteiger partial charge in [-0.15, -0.1) is 0 Å². The number of nitrogens with zero attached hydrogens (tertiary/aromatic N) is 2. The van der Waals surface area contributed by atoms with Crippen LogP contribution in [0.4, 0.5) is 0 Å². The fraction of sp³-hybridized carbons (Fsp3) is 0.143. The van der Waals surface area contributed by atoms with Gasteiger partial charge in [-0.05, 0) is 19.7 Å². The summed E-state index contributed by atoms with van der Waals surface area (Å²) in [6, 6.07) is 1.91. The Bertz CT molecular complexity index is 217. The van der Waals surface area contributed by atoms with Gasteiger partial charge >= 0.3 is 0 Å². The number of hydrogen-bond donors (Lipinski definition) is 1. The Kier molecular flexibility index (Phi) is 3.66. The molecule has 0 spiro atoms. The molecule has 0 fully saturated rings. The van der Waals surface area contributed by atoms with Crippen molar-refractivity contribution in [3.63, 3.8) is 0 Å². The van der Waals surface area contributed by atoms with Crippen LogP contribution in [-0.2, 0) is 0 Å². The minimum Gasteiger partial charge on any atom is -0.398 e. The van der Waals surface area contributed by atoms with Crippen LogP contribution in [0.15, 0.2) is 28.5 Å². The van der Waals surface area contributed by atoms with Crippen LogP contribution in [0.25, 0.3) is 0 Å². The van der Waals surface area contributed by atoms with E-state index in [9.17, 15) is 0 Å². The quantitative estimate of drug-likeness (QED) is 0.348. The molecule has 0 radical (unpaired) electrons. The number of hydrogen-bond acceptors (Lipinski definition) is 3. The summed E-state index contributed by atoms with van der Waals surface area (Å²) >= 11 is 0. The second-order valence-electron chi connectivity index (χ2n) is 1.69. The summed E-state index contributed by atoms with van der Waals surface area (Å²) in [4.78, 5) is 3.44. The second kappa shape index (κ2) is 4.33. The van der Waals surface area contributed by atoms with Crippen LogP contribution >= 0.6 is 0 Å². The molecular formula is C7H9N3. The standard InChI is InChI=1S/C7H9N3/c1-6(5-8)7(9)3-4-10-2/h3-4H,2,9H2,1H3/b4-3-,7-6-. The van der Waals surface area contributed by atoms with Crippen molar-refractivity contribution in [1.29, 1.82) is 5.26 Å². The first-order chi connectivity index (χ1) is 4.72. The van der Waals surface area contributed by atoms with Crippen LogP contribution in [0.1, 0.15) is 6.92 Å². The van der Waals surface area contributed by atoms with E-state index in [2.05, 4.69) is 11.7 Å². The normalized spacial score (nSPS) is 12.4. The van der Waals surface area contributed by atoms with Gasteiger partial charge in [-0.3, -0.25) is 4.99 Å². The zero-order chi connectivity index (χ0) is 7.98. The van der Waals surface area contributed by atoms with Crippen LogP contribution in [0.2, 0.25) is 0 Å². The van der Waals surface area contributed by atoms with Gasteiger partial charge in [0.05, 0.1) is 6.07 Å². The van der Waals surface area contributed by atoms with E-state index in [0.29, 0.717) is 11.3 Å². The number of nitriles is 1. The molecule has 0 aromatic heterocycles. The molecule has 0 unspecified atom stereocenters. The van der Waals surface area contributed by atoms with Crippen molar-refractivity contribution in [3.8, 4) is 6.07 Å². The summed E-state index contributed by atoms with van der Waals surface area (Å²) in [5.41, 5.74) is 6.31. The van der Waals surface area contributed by atoms with Crippen molar-refractivity contribution in [1.82, 2.24) is 0 Å². The molecule has 0 aliphatic heterocycles. The van der Waals surface area contributed by atoms with Crippen LogP contribution in [-0.4, -0.2) is 6.72 Å². The lowest BCUT2D eigenvalue weighted by Gasteiger charge is -1.89. The van der Waals surface area contributed by atoms with Gasteiger partial charge in [0, 0.05) is 17.5 Å². The van der Waals surface area contributed by atoms with E-state index in [1.165, 1.54) is 12.3 Å². The minimum absolute atomic E-state index is 0.426. The summed E-state index contributed by atoms with van der Waals surface area (Å²) in [5, 5.41) is 8.34. The molecule has 0 bridgehead atoms. The number of rotatable bonds is 2. The van der Waals surface area contributed by atoms with Crippen molar-refractivity contribution in [2.45, 2.75) is 6.92 Å². The minimum atomic E-state index is 0.426. The first-order valence-corrected chi connectivity index (χ1v) is 2.71. The van der Waals surface area contributed by atoms with Crippen molar-refractivity contribution in [2.75, 3.05) is 0 Å². The Hall–Kier alpha value is -1.56. The molecule has 10 heavy (non-hydrogen) atoms. The SMILES string of the molecule is C=N/C=C\C(N)=C(/C)C#N. The van der Waals surface area contributed by atoms with Crippen LogP contribution < -0.4 is 5.73 Å². The van der Waals surface area contributed by atoms with Gasteiger partial charge in [-0.25, -0.2) is 0 Å². The van der Waals surface area contributed by atoms with E-state index >= 15 is 0 Å². The van der Waals surface area contributed by atoms with E-state index in [4.69, 9.17) is 11.0 Å². The average Bonchev–Trinajstić information content (AvgIpc) is 1.98. The molecule has 3 heteroatoms. The van der Waals surface area contributed by atoms with E-state index < -0.39 is 0 Å². The summed E-state index contributed by atoms with van der Waals surface area (Å²) in [5.74, 6) is 0. The lowest BCUT2D eigenvalue weighted by molar-refractivity contribution is 1.30. The second-order valence-corrected chi connectivity index (χ2v) is 1.69. The Morgan fingerprint density at radius 1 is 1.80 bits per heavy atom. The average molecular weight is 135 g/mol. The Morgan fingerprint density at radius 2 is 2.40 bits per heavy atom. The zero-order valence-corrected chi connectivity index (χ0v) is 5.83. The maximum atomic E-state index is 8.34. The predicted octanol–water partition coefficient (Wildman–Crippen LogP) is 0.957. The van der Waals surface area contributed by atoms with E-state index in [0.717, 1.165) is 0 Å². The van der Waals surface area contributed by atoms with E-state index in [-0.39, 0.29) is 0 Å². The molecule has 0 aromatic rings. The van der Waals surface area contributed by atoms with Gasteiger partial charge in [0.1, 0.15) is 0 Å². The molecule has 3 nitrogen and oxygen atoms in total. The zero-order valence-electron chi connectivity index (χ0n) is 5.83.